The maximum absolute atomic E-state index is 7.60. The lowest BCUT2D eigenvalue weighted by atomic mass is 10.2. The summed E-state index contributed by atoms with van der Waals surface area (Å²) < 4.78 is 41.6. The molecule has 1 aromatic carbocycles. The molecular formula is C24H30N4O3. The largest absolute Gasteiger partial charge is 0.494 e. The van der Waals surface area contributed by atoms with E-state index in [2.05, 4.69) is 18.7 Å². The van der Waals surface area contributed by atoms with Crippen LogP contribution < -0.4 is 9.64 Å². The monoisotopic (exact) mass is 425 g/mol. The molecule has 2 saturated heterocycles. The summed E-state index contributed by atoms with van der Waals surface area (Å²) in [6, 6.07) is 10.3. The summed E-state index contributed by atoms with van der Waals surface area (Å²) in [5.41, 5.74) is 2.11. The molecule has 0 bridgehead atoms. The van der Waals surface area contributed by atoms with E-state index in [1.54, 1.807) is 12.1 Å². The second-order valence-corrected chi connectivity index (χ2v) is 8.43. The number of pyridine rings is 1. The van der Waals surface area contributed by atoms with Crippen molar-refractivity contribution in [3.8, 4) is 17.1 Å². The van der Waals surface area contributed by atoms with Crippen molar-refractivity contribution in [1.82, 2.24) is 14.5 Å². The van der Waals surface area contributed by atoms with Crippen molar-refractivity contribution in [2.75, 3.05) is 31.8 Å². The van der Waals surface area contributed by atoms with Gasteiger partial charge in [0.1, 0.15) is 22.9 Å². The van der Waals surface area contributed by atoms with E-state index in [1.807, 2.05) is 29.0 Å². The van der Waals surface area contributed by atoms with E-state index in [-0.39, 0.29) is 11.9 Å². The van der Waals surface area contributed by atoms with E-state index in [1.165, 1.54) is 0 Å². The quantitative estimate of drug-likeness (QED) is 0.618. The van der Waals surface area contributed by atoms with E-state index in [0.717, 1.165) is 24.2 Å². The minimum Gasteiger partial charge on any atom is -0.494 e. The lowest BCUT2D eigenvalue weighted by molar-refractivity contribution is -0.0931. The molecule has 0 amide bonds. The average Bonchev–Trinajstić information content (AvgIpc) is 3.34. The Hall–Kier alpha value is -2.64. The van der Waals surface area contributed by atoms with Crippen molar-refractivity contribution in [1.29, 1.82) is 0 Å². The predicted molar refractivity (Wildman–Crippen MR) is 121 cm³/mol. The van der Waals surface area contributed by atoms with Crippen LogP contribution in [0.25, 0.3) is 22.4 Å². The average molecular weight is 426 g/mol. The van der Waals surface area contributed by atoms with Gasteiger partial charge in [0.15, 0.2) is 0 Å². The van der Waals surface area contributed by atoms with Crippen LogP contribution in [0, 0.1) is 0 Å². The van der Waals surface area contributed by atoms with Gasteiger partial charge in [0.2, 0.25) is 0 Å². The van der Waals surface area contributed by atoms with Gasteiger partial charge in [0, 0.05) is 23.8 Å². The number of hydrogen-bond acceptors (Lipinski definition) is 6. The van der Waals surface area contributed by atoms with E-state index < -0.39 is 7.04 Å². The van der Waals surface area contributed by atoms with Crippen molar-refractivity contribution < 1.29 is 18.3 Å². The van der Waals surface area contributed by atoms with E-state index in [4.69, 9.17) is 28.3 Å². The Balaban J connectivity index is 1.57. The third-order valence-electron chi connectivity index (χ3n) is 6.33. The molecule has 0 N–H and O–H groups in total. The van der Waals surface area contributed by atoms with E-state index in [0.29, 0.717) is 55.3 Å². The Morgan fingerprint density at radius 1 is 1.16 bits per heavy atom. The van der Waals surface area contributed by atoms with Gasteiger partial charge in [-0.2, -0.15) is 0 Å². The van der Waals surface area contributed by atoms with Crippen LogP contribution in [-0.2, 0) is 16.0 Å². The van der Waals surface area contributed by atoms with E-state index >= 15 is 0 Å². The summed E-state index contributed by atoms with van der Waals surface area (Å²) in [7, 11) is -2.57. The summed E-state index contributed by atoms with van der Waals surface area (Å²) in [4.78, 5) is 12.0. The molecule has 4 heterocycles. The van der Waals surface area contributed by atoms with Gasteiger partial charge in [-0.3, -0.25) is 0 Å². The molecule has 3 atom stereocenters. The van der Waals surface area contributed by atoms with Crippen LogP contribution in [0.15, 0.2) is 36.5 Å². The number of hydrogen-bond donors (Lipinski definition) is 0. The minimum absolute atomic E-state index is 0.177. The van der Waals surface area contributed by atoms with Gasteiger partial charge in [-0.1, -0.05) is 6.07 Å². The van der Waals surface area contributed by atoms with Crippen LogP contribution in [0.5, 0.6) is 5.75 Å². The molecule has 2 aliphatic rings. The molecule has 164 valence electrons. The zero-order valence-electron chi connectivity index (χ0n) is 21.0. The fourth-order valence-electron chi connectivity index (χ4n) is 4.80. The number of para-hydroxylation sites is 1. The molecule has 7 heteroatoms. The van der Waals surface area contributed by atoms with Gasteiger partial charge in [-0.25, -0.2) is 9.97 Å². The molecule has 0 aliphatic carbocycles. The number of methoxy groups -OCH3 is 1. The van der Waals surface area contributed by atoms with Crippen LogP contribution >= 0.6 is 0 Å². The lowest BCUT2D eigenvalue weighted by Gasteiger charge is -2.27. The van der Waals surface area contributed by atoms with Crippen LogP contribution in [0.3, 0.4) is 0 Å². The highest BCUT2D eigenvalue weighted by Gasteiger charge is 2.28. The van der Waals surface area contributed by atoms with Gasteiger partial charge in [0.25, 0.3) is 0 Å². The highest BCUT2D eigenvalue weighted by Crippen LogP contribution is 2.33. The first-order chi connectivity index (χ1) is 16.3. The number of fused-ring (bicyclic) bond motifs is 1. The number of nitrogens with zero attached hydrogens (tertiary/aromatic N) is 4. The zero-order valence-corrected chi connectivity index (χ0v) is 18.0. The maximum atomic E-state index is 7.60. The molecule has 2 fully saturated rings. The number of benzene rings is 1. The summed E-state index contributed by atoms with van der Waals surface area (Å²) in [6.45, 7) is 6.47. The van der Waals surface area contributed by atoms with Gasteiger partial charge in [-0.15, -0.1) is 0 Å². The highest BCUT2D eigenvalue weighted by molar-refractivity contribution is 5.86. The van der Waals surface area contributed by atoms with Gasteiger partial charge < -0.3 is 23.7 Å². The van der Waals surface area contributed by atoms with Crippen molar-refractivity contribution in [2.45, 2.75) is 51.4 Å². The SMILES string of the molecule is [2H]C([2H])([2H])Oc1cccc2nc(-c3ccc(N4[C@@H](C)CC[C@@H]4C)nc3)n(C[C@@H]3COCCO3)c12. The first-order valence-corrected chi connectivity index (χ1v) is 10.9. The normalized spacial score (nSPS) is 25.9. The number of ether oxygens (including phenoxy) is 3. The summed E-state index contributed by atoms with van der Waals surface area (Å²) in [5, 5.41) is 0. The van der Waals surface area contributed by atoms with Crippen molar-refractivity contribution in [3.05, 3.63) is 36.5 Å². The Bertz CT molecular complexity index is 1130. The Morgan fingerprint density at radius 2 is 2.03 bits per heavy atom. The third-order valence-corrected chi connectivity index (χ3v) is 6.33. The smallest absolute Gasteiger partial charge is 0.144 e. The molecule has 2 aromatic heterocycles. The zero-order chi connectivity index (χ0) is 23.9. The standard InChI is InChI=1S/C24H30N4O3/c1-16-7-8-17(2)28(16)22-10-9-18(13-25-22)24-26-20-5-4-6-21(29-3)23(20)27(24)14-19-15-30-11-12-31-19/h4-6,9-10,13,16-17,19H,7-8,11-12,14-15H2,1-3H3/t16-,17-,19+/m0/s1/i3D3. The van der Waals surface area contributed by atoms with Crippen LogP contribution in [0.2, 0.25) is 0 Å². The van der Waals surface area contributed by atoms with Crippen LogP contribution in [0.1, 0.15) is 30.8 Å². The fourth-order valence-corrected chi connectivity index (χ4v) is 4.80. The van der Waals surface area contributed by atoms with Gasteiger partial charge in [0.05, 0.1) is 49.1 Å². The minimum atomic E-state index is -2.57. The van der Waals surface area contributed by atoms with Gasteiger partial charge in [-0.05, 0) is 51.0 Å². The molecule has 0 spiro atoms. The van der Waals surface area contributed by atoms with Crippen molar-refractivity contribution >= 4 is 16.9 Å². The number of imidazole rings is 1. The molecule has 31 heavy (non-hydrogen) atoms. The predicted octanol–water partition coefficient (Wildman–Crippen LogP) is 3.90. The molecule has 2 aliphatic heterocycles. The molecule has 7 nitrogen and oxygen atoms in total. The third kappa shape index (κ3) is 3.77. The van der Waals surface area contributed by atoms with Crippen molar-refractivity contribution in [3.63, 3.8) is 0 Å². The molecule has 5 rings (SSSR count). The summed E-state index contributed by atoms with van der Waals surface area (Å²) >= 11 is 0. The van der Waals surface area contributed by atoms with Crippen molar-refractivity contribution in [2.24, 2.45) is 0 Å². The fraction of sp³-hybridized carbons (Fsp3) is 0.500. The second kappa shape index (κ2) is 8.48. The summed E-state index contributed by atoms with van der Waals surface area (Å²) in [6.07, 6.45) is 3.99. The number of rotatable bonds is 5. The lowest BCUT2D eigenvalue weighted by Crippen LogP contribution is -2.33. The number of anilines is 1. The first-order valence-electron chi connectivity index (χ1n) is 12.4. The Labute approximate surface area is 187 Å². The molecule has 0 unspecified atom stereocenters. The van der Waals surface area contributed by atoms with Crippen LogP contribution in [0.4, 0.5) is 5.82 Å². The maximum Gasteiger partial charge on any atom is 0.144 e. The molecule has 0 saturated carbocycles. The Morgan fingerprint density at radius 3 is 2.74 bits per heavy atom. The van der Waals surface area contributed by atoms with E-state index in [9.17, 15) is 0 Å². The topological polar surface area (TPSA) is 61.6 Å². The molecular weight excluding hydrogens is 392 g/mol. The first kappa shape index (κ1) is 17.0. The van der Waals surface area contributed by atoms with Crippen LogP contribution in [-0.4, -0.2) is 59.6 Å². The summed E-state index contributed by atoms with van der Waals surface area (Å²) in [5.74, 6) is 1.91. The number of aromatic nitrogens is 3. The van der Waals surface area contributed by atoms with Gasteiger partial charge >= 0.3 is 0 Å². The highest BCUT2D eigenvalue weighted by atomic mass is 16.6. The second-order valence-electron chi connectivity index (χ2n) is 8.43. The molecule has 0 radical (unpaired) electrons. The Kier molecular flexibility index (Phi) is 4.64. The molecule has 3 aromatic rings.